The van der Waals surface area contributed by atoms with Crippen LogP contribution in [-0.4, -0.2) is 54.3 Å². The predicted octanol–water partition coefficient (Wildman–Crippen LogP) is 4.61. The molecular formula is C27H28FN5O5S. The molecule has 1 amide bonds. The molecule has 39 heavy (non-hydrogen) atoms. The summed E-state index contributed by atoms with van der Waals surface area (Å²) in [6.07, 6.45) is 6.40. The van der Waals surface area contributed by atoms with Crippen LogP contribution in [0.4, 0.5) is 4.39 Å². The largest absolute Gasteiger partial charge is 0.496 e. The van der Waals surface area contributed by atoms with Gasteiger partial charge in [-0.05, 0) is 29.2 Å². The summed E-state index contributed by atoms with van der Waals surface area (Å²) in [5.41, 5.74) is -3.85. The zero-order valence-electron chi connectivity index (χ0n) is 21.9. The Labute approximate surface area is 228 Å². The van der Waals surface area contributed by atoms with E-state index in [9.17, 15) is 14.7 Å². The Bertz CT molecular complexity index is 1470. The highest BCUT2D eigenvalue weighted by molar-refractivity contribution is 7.09. The second kappa shape index (κ2) is 9.60. The Morgan fingerprint density at radius 1 is 1.26 bits per heavy atom. The minimum absolute atomic E-state index is 0.143. The Morgan fingerprint density at radius 3 is 2.62 bits per heavy atom. The molecule has 10 nitrogen and oxygen atoms in total. The molecule has 1 saturated heterocycles. The Hall–Kier alpha value is -4.06. The molecule has 1 aliphatic rings. The first-order valence-corrected chi connectivity index (χ1v) is 13.1. The average molecular weight is 554 g/mol. The topological polar surface area (TPSA) is 124 Å². The lowest BCUT2D eigenvalue weighted by atomic mass is 9.85. The molecule has 1 fully saturated rings. The van der Waals surface area contributed by atoms with Gasteiger partial charge < -0.3 is 19.2 Å². The number of alkyl halides is 1. The summed E-state index contributed by atoms with van der Waals surface area (Å²) >= 11 is 1.12. The molecule has 4 aromatic rings. The number of ether oxygens (including phenoxy) is 1. The van der Waals surface area contributed by atoms with Gasteiger partial charge in [-0.25, -0.2) is 19.2 Å². The van der Waals surface area contributed by atoms with Crippen LogP contribution in [0, 0.1) is 0 Å². The summed E-state index contributed by atoms with van der Waals surface area (Å²) in [4.78, 5) is 37.0. The summed E-state index contributed by atoms with van der Waals surface area (Å²) in [7, 11) is 1.50. The van der Waals surface area contributed by atoms with E-state index >= 15 is 4.39 Å². The van der Waals surface area contributed by atoms with Crippen molar-refractivity contribution in [1.29, 1.82) is 0 Å². The molecule has 0 spiro atoms. The normalized spacial score (nSPS) is 23.2. The SMILES string of the molecule is COc1cc(C(=O)N2C(c3nccs3)C(F)(c3ncco3)CC2(Cn2cccn2)C(=O)O)ccc1C(C)(C)C. The molecule has 204 valence electrons. The molecule has 1 aromatic carbocycles. The zero-order chi connectivity index (χ0) is 28.0. The molecule has 5 rings (SSSR count). The highest BCUT2D eigenvalue weighted by Crippen LogP contribution is 2.58. The number of carboxylic acids is 1. The van der Waals surface area contributed by atoms with E-state index in [-0.39, 0.29) is 28.4 Å². The summed E-state index contributed by atoms with van der Waals surface area (Å²) < 4.78 is 29.7. The lowest BCUT2D eigenvalue weighted by Crippen LogP contribution is -2.56. The first-order valence-electron chi connectivity index (χ1n) is 12.2. The van der Waals surface area contributed by atoms with Crippen LogP contribution in [0.1, 0.15) is 60.1 Å². The van der Waals surface area contributed by atoms with Gasteiger partial charge in [0, 0.05) is 36.0 Å². The molecule has 3 atom stereocenters. The van der Waals surface area contributed by atoms with Gasteiger partial charge in [0.25, 0.3) is 5.91 Å². The number of halogens is 1. The minimum Gasteiger partial charge on any atom is -0.496 e. The van der Waals surface area contributed by atoms with E-state index in [1.165, 1.54) is 36.6 Å². The fourth-order valence-corrected chi connectivity index (χ4v) is 6.10. The maximum Gasteiger partial charge on any atom is 0.331 e. The number of aromatic nitrogens is 4. The molecule has 0 aliphatic carbocycles. The van der Waals surface area contributed by atoms with Crippen LogP contribution in [0.3, 0.4) is 0 Å². The number of oxazole rings is 1. The molecule has 0 radical (unpaired) electrons. The third-order valence-corrected chi connectivity index (χ3v) is 7.86. The fourth-order valence-electron chi connectivity index (χ4n) is 5.29. The lowest BCUT2D eigenvalue weighted by Gasteiger charge is -2.37. The molecule has 4 heterocycles. The molecule has 1 aliphatic heterocycles. The van der Waals surface area contributed by atoms with E-state index < -0.39 is 35.5 Å². The van der Waals surface area contributed by atoms with Crippen LogP contribution in [0.15, 0.2) is 65.1 Å². The van der Waals surface area contributed by atoms with Gasteiger partial charge in [0.1, 0.15) is 23.1 Å². The number of amides is 1. The van der Waals surface area contributed by atoms with Gasteiger partial charge in [-0.1, -0.05) is 26.8 Å². The number of carbonyl (C=O) groups excluding carboxylic acids is 1. The fraction of sp³-hybridized carbons (Fsp3) is 0.370. The number of hydrogen-bond donors (Lipinski definition) is 1. The van der Waals surface area contributed by atoms with Gasteiger partial charge in [-0.2, -0.15) is 5.10 Å². The van der Waals surface area contributed by atoms with Gasteiger partial charge >= 0.3 is 5.97 Å². The standard InChI is InChI=1S/C27H28FN5O5S/c1-25(2,3)18-7-6-17(14-19(18)37-4)22(34)33-20(21-29-10-13-39-21)27(28,23-30-9-12-38-23)15-26(33,24(35)36)16-32-11-5-8-31-32/h5-14,20H,15-16H2,1-4H3,(H,35,36). The number of carbonyl (C=O) groups is 2. The van der Waals surface area contributed by atoms with E-state index in [0.29, 0.717) is 5.75 Å². The van der Waals surface area contributed by atoms with Crippen molar-refractivity contribution in [2.24, 2.45) is 0 Å². The highest BCUT2D eigenvalue weighted by Gasteiger charge is 2.69. The van der Waals surface area contributed by atoms with Crippen LogP contribution < -0.4 is 4.74 Å². The molecular weight excluding hydrogens is 525 g/mol. The first kappa shape index (κ1) is 26.5. The van der Waals surface area contributed by atoms with Crippen molar-refractivity contribution in [1.82, 2.24) is 24.6 Å². The van der Waals surface area contributed by atoms with Gasteiger partial charge in [0.05, 0.1) is 19.9 Å². The third kappa shape index (κ3) is 4.38. The molecule has 12 heteroatoms. The average Bonchev–Trinajstić information content (AvgIpc) is 3.70. The van der Waals surface area contributed by atoms with Gasteiger partial charge in [0.15, 0.2) is 5.54 Å². The van der Waals surface area contributed by atoms with Crippen molar-refractivity contribution in [2.45, 2.75) is 56.4 Å². The number of hydrogen-bond acceptors (Lipinski definition) is 8. The second-order valence-electron chi connectivity index (χ2n) is 10.5. The van der Waals surface area contributed by atoms with Crippen molar-refractivity contribution in [2.75, 3.05) is 7.11 Å². The maximum absolute atomic E-state index is 17.4. The molecule has 0 bridgehead atoms. The number of nitrogens with zero attached hydrogens (tertiary/aromatic N) is 5. The second-order valence-corrected chi connectivity index (χ2v) is 11.5. The lowest BCUT2D eigenvalue weighted by molar-refractivity contribution is -0.150. The Morgan fingerprint density at radius 2 is 2.05 bits per heavy atom. The Kier molecular flexibility index (Phi) is 6.53. The van der Waals surface area contributed by atoms with Gasteiger partial charge in [-0.15, -0.1) is 11.3 Å². The van der Waals surface area contributed by atoms with Crippen molar-refractivity contribution < 1.29 is 28.2 Å². The van der Waals surface area contributed by atoms with Gasteiger partial charge in [0.2, 0.25) is 11.6 Å². The highest BCUT2D eigenvalue weighted by atomic mass is 32.1. The quantitative estimate of drug-likeness (QED) is 0.352. The van der Waals surface area contributed by atoms with Crippen LogP contribution >= 0.6 is 11.3 Å². The summed E-state index contributed by atoms with van der Waals surface area (Å²) in [5, 5.41) is 16.7. The van der Waals surface area contributed by atoms with Crippen LogP contribution in [0.2, 0.25) is 0 Å². The van der Waals surface area contributed by atoms with Crippen LogP contribution in [-0.2, 0) is 22.4 Å². The zero-order valence-corrected chi connectivity index (χ0v) is 22.7. The summed E-state index contributed by atoms with van der Waals surface area (Å²) in [6, 6.07) is 5.12. The summed E-state index contributed by atoms with van der Waals surface area (Å²) in [6.45, 7) is 5.72. The Balaban J connectivity index is 1.74. The number of rotatable bonds is 7. The van der Waals surface area contributed by atoms with E-state index in [4.69, 9.17) is 9.15 Å². The summed E-state index contributed by atoms with van der Waals surface area (Å²) in [5.74, 6) is -1.96. The van der Waals surface area contributed by atoms with Crippen LogP contribution in [0.5, 0.6) is 5.75 Å². The van der Waals surface area contributed by atoms with Crippen molar-refractivity contribution in [3.8, 4) is 5.75 Å². The number of likely N-dealkylation sites (tertiary alicyclic amines) is 1. The van der Waals surface area contributed by atoms with Crippen molar-refractivity contribution in [3.05, 3.63) is 82.7 Å². The number of methoxy groups -OCH3 is 1. The van der Waals surface area contributed by atoms with Crippen LogP contribution in [0.25, 0.3) is 0 Å². The monoisotopic (exact) mass is 553 g/mol. The van der Waals surface area contributed by atoms with Crippen molar-refractivity contribution >= 4 is 23.2 Å². The smallest absolute Gasteiger partial charge is 0.331 e. The van der Waals surface area contributed by atoms with E-state index in [0.717, 1.165) is 21.8 Å². The van der Waals surface area contributed by atoms with E-state index in [1.54, 1.807) is 35.8 Å². The molecule has 3 aromatic heterocycles. The minimum atomic E-state index is -2.50. The van der Waals surface area contributed by atoms with Crippen molar-refractivity contribution in [3.63, 3.8) is 0 Å². The predicted molar refractivity (Wildman–Crippen MR) is 139 cm³/mol. The van der Waals surface area contributed by atoms with Gasteiger partial charge in [-0.3, -0.25) is 9.48 Å². The maximum atomic E-state index is 17.4. The number of aliphatic carboxylic acids is 1. The van der Waals surface area contributed by atoms with E-state index in [1.807, 2.05) is 20.8 Å². The molecule has 3 unspecified atom stereocenters. The third-order valence-electron chi connectivity index (χ3n) is 7.03. The first-order chi connectivity index (χ1) is 18.5. The number of carboxylic acid groups (broad SMARTS) is 1. The van der Waals surface area contributed by atoms with E-state index in [2.05, 4.69) is 15.1 Å². The molecule has 1 N–H and O–H groups in total. The number of benzene rings is 1. The number of thiazole rings is 1. The molecule has 0 saturated carbocycles.